The maximum Gasteiger partial charge on any atom is 0.435 e. The highest BCUT2D eigenvalue weighted by atomic mass is 79.9. The molecule has 1 N–H and O–H groups in total. The molecule has 0 aliphatic heterocycles. The summed E-state index contributed by atoms with van der Waals surface area (Å²) in [6, 6.07) is 5.75. The first-order valence-electron chi connectivity index (χ1n) is 5.40. The van der Waals surface area contributed by atoms with Gasteiger partial charge in [-0.15, -0.1) is 0 Å². The number of rotatable bonds is 2. The van der Waals surface area contributed by atoms with Crippen LogP contribution in [0.4, 0.5) is 13.2 Å². The highest BCUT2D eigenvalue weighted by molar-refractivity contribution is 9.10. The van der Waals surface area contributed by atoms with Crippen LogP contribution in [0.15, 0.2) is 34.9 Å². The first-order valence-corrected chi connectivity index (χ1v) is 6.19. The van der Waals surface area contributed by atoms with Gasteiger partial charge in [0.15, 0.2) is 5.69 Å². The molecule has 0 aliphatic rings. The van der Waals surface area contributed by atoms with E-state index in [2.05, 4.69) is 21.0 Å². The van der Waals surface area contributed by atoms with Gasteiger partial charge in [0, 0.05) is 10.7 Å². The van der Waals surface area contributed by atoms with E-state index in [1.54, 1.807) is 25.1 Å². The van der Waals surface area contributed by atoms with Crippen molar-refractivity contribution >= 4 is 15.9 Å². The maximum absolute atomic E-state index is 12.4. The van der Waals surface area contributed by atoms with Crippen LogP contribution in [0.2, 0.25) is 0 Å². The second-order valence-corrected chi connectivity index (χ2v) is 4.88. The number of aromatic nitrogens is 2. The van der Waals surface area contributed by atoms with Gasteiger partial charge in [0.2, 0.25) is 0 Å². The Labute approximate surface area is 115 Å². The molecule has 7 heteroatoms. The van der Waals surface area contributed by atoms with Gasteiger partial charge in [-0.3, -0.25) is 0 Å². The molecular formula is C12H10BrF3N2O. The largest absolute Gasteiger partial charge is 0.435 e. The molecule has 0 radical (unpaired) electrons. The fraction of sp³-hybridized carbons (Fsp3) is 0.250. The molecule has 2 aromatic rings. The molecule has 0 aliphatic carbocycles. The Hall–Kier alpha value is -1.34. The number of hydrogen-bond acceptors (Lipinski definition) is 2. The fourth-order valence-corrected chi connectivity index (χ4v) is 2.31. The summed E-state index contributed by atoms with van der Waals surface area (Å²) in [7, 11) is 0. The molecule has 0 fully saturated rings. The SMILES string of the molecule is C[C@@H](O)c1ccc(-n2ccc(C(F)(F)F)n2)cc1Br. The number of aliphatic hydroxyl groups is 1. The lowest BCUT2D eigenvalue weighted by molar-refractivity contribution is -0.141. The third kappa shape index (κ3) is 2.98. The third-order valence-corrected chi connectivity index (χ3v) is 3.26. The topological polar surface area (TPSA) is 38.0 Å². The van der Waals surface area contributed by atoms with Crippen molar-refractivity contribution in [3.63, 3.8) is 0 Å². The number of benzene rings is 1. The van der Waals surface area contributed by atoms with Gasteiger partial charge in [-0.1, -0.05) is 22.0 Å². The molecule has 1 heterocycles. The van der Waals surface area contributed by atoms with E-state index in [1.165, 1.54) is 6.20 Å². The Morgan fingerprint density at radius 2 is 2.00 bits per heavy atom. The number of hydrogen-bond donors (Lipinski definition) is 1. The lowest BCUT2D eigenvalue weighted by atomic mass is 10.1. The summed E-state index contributed by atoms with van der Waals surface area (Å²) in [6.07, 6.45) is -3.87. The fourth-order valence-electron chi connectivity index (χ4n) is 1.62. The van der Waals surface area contributed by atoms with Crippen LogP contribution in [-0.4, -0.2) is 14.9 Å². The second-order valence-electron chi connectivity index (χ2n) is 4.03. The number of halogens is 4. The Morgan fingerprint density at radius 1 is 1.32 bits per heavy atom. The van der Waals surface area contributed by atoms with Crippen molar-refractivity contribution in [2.45, 2.75) is 19.2 Å². The molecule has 0 amide bonds. The molecule has 0 spiro atoms. The van der Waals surface area contributed by atoms with Crippen LogP contribution >= 0.6 is 15.9 Å². The van der Waals surface area contributed by atoms with Gasteiger partial charge >= 0.3 is 6.18 Å². The summed E-state index contributed by atoms with van der Waals surface area (Å²) >= 11 is 3.27. The maximum atomic E-state index is 12.4. The van der Waals surface area contributed by atoms with Crippen molar-refractivity contribution in [3.8, 4) is 5.69 Å². The van der Waals surface area contributed by atoms with Crippen LogP contribution in [0.5, 0.6) is 0 Å². The summed E-state index contributed by atoms with van der Waals surface area (Å²) < 4.78 is 39.1. The molecule has 0 bridgehead atoms. The summed E-state index contributed by atoms with van der Waals surface area (Å²) in [5.41, 5.74) is 0.196. The predicted molar refractivity (Wildman–Crippen MR) is 66.9 cm³/mol. The van der Waals surface area contributed by atoms with Gasteiger partial charge < -0.3 is 5.11 Å². The normalized spacial score (nSPS) is 13.6. The van der Waals surface area contributed by atoms with E-state index < -0.39 is 18.0 Å². The van der Waals surface area contributed by atoms with E-state index in [0.717, 1.165) is 10.7 Å². The number of nitrogens with zero attached hydrogens (tertiary/aromatic N) is 2. The molecule has 0 unspecified atom stereocenters. The standard InChI is InChI=1S/C12H10BrF3N2O/c1-7(19)9-3-2-8(6-10(9)13)18-5-4-11(17-18)12(14,15)16/h2-7,19H,1H3/t7-/m1/s1. The van der Waals surface area contributed by atoms with Crippen molar-refractivity contribution in [2.24, 2.45) is 0 Å². The molecule has 1 aromatic heterocycles. The average molecular weight is 335 g/mol. The molecule has 19 heavy (non-hydrogen) atoms. The van der Waals surface area contributed by atoms with E-state index in [-0.39, 0.29) is 0 Å². The van der Waals surface area contributed by atoms with Gasteiger partial charge in [0.05, 0.1) is 11.8 Å². The van der Waals surface area contributed by atoms with E-state index in [4.69, 9.17) is 0 Å². The monoisotopic (exact) mass is 334 g/mol. The minimum absolute atomic E-state index is 0.478. The van der Waals surface area contributed by atoms with E-state index in [0.29, 0.717) is 15.7 Å². The van der Waals surface area contributed by atoms with Gasteiger partial charge in [0.25, 0.3) is 0 Å². The quantitative estimate of drug-likeness (QED) is 0.909. The van der Waals surface area contributed by atoms with E-state index in [9.17, 15) is 18.3 Å². The minimum Gasteiger partial charge on any atom is -0.389 e. The van der Waals surface area contributed by atoms with Crippen molar-refractivity contribution in [2.75, 3.05) is 0 Å². The Balaban J connectivity index is 2.38. The lowest BCUT2D eigenvalue weighted by Gasteiger charge is -2.09. The Bertz CT molecular complexity index is 593. The van der Waals surface area contributed by atoms with Gasteiger partial charge in [-0.25, -0.2) is 4.68 Å². The molecule has 1 atom stereocenters. The van der Waals surface area contributed by atoms with E-state index in [1.807, 2.05) is 0 Å². The molecule has 0 saturated heterocycles. The summed E-state index contributed by atoms with van der Waals surface area (Å²) in [6.45, 7) is 1.61. The van der Waals surface area contributed by atoms with Gasteiger partial charge in [-0.2, -0.15) is 18.3 Å². The Morgan fingerprint density at radius 3 is 2.47 bits per heavy atom. The summed E-state index contributed by atoms with van der Waals surface area (Å²) in [5.74, 6) is 0. The van der Waals surface area contributed by atoms with Crippen molar-refractivity contribution in [1.82, 2.24) is 9.78 Å². The van der Waals surface area contributed by atoms with Crippen LogP contribution < -0.4 is 0 Å². The minimum atomic E-state index is -4.46. The molecule has 102 valence electrons. The zero-order valence-corrected chi connectivity index (χ0v) is 11.4. The van der Waals surface area contributed by atoms with Crippen LogP contribution in [0.25, 0.3) is 5.69 Å². The van der Waals surface area contributed by atoms with Crippen LogP contribution in [0.3, 0.4) is 0 Å². The average Bonchev–Trinajstić information content (AvgIpc) is 2.76. The molecule has 3 nitrogen and oxygen atoms in total. The van der Waals surface area contributed by atoms with Crippen molar-refractivity contribution < 1.29 is 18.3 Å². The molecule has 2 rings (SSSR count). The first kappa shape index (κ1) is 14.1. The van der Waals surface area contributed by atoms with E-state index >= 15 is 0 Å². The third-order valence-electron chi connectivity index (χ3n) is 2.58. The first-order chi connectivity index (χ1) is 8.79. The van der Waals surface area contributed by atoms with Gasteiger partial charge in [-0.05, 0) is 30.7 Å². The van der Waals surface area contributed by atoms with Crippen LogP contribution in [-0.2, 0) is 6.18 Å². The van der Waals surface area contributed by atoms with Crippen LogP contribution in [0.1, 0.15) is 24.3 Å². The van der Waals surface area contributed by atoms with Crippen LogP contribution in [0, 0.1) is 0 Å². The van der Waals surface area contributed by atoms with Crippen molar-refractivity contribution in [3.05, 3.63) is 46.2 Å². The highest BCUT2D eigenvalue weighted by Crippen LogP contribution is 2.29. The molecular weight excluding hydrogens is 325 g/mol. The molecule has 0 saturated carbocycles. The smallest absolute Gasteiger partial charge is 0.389 e. The second kappa shape index (κ2) is 4.97. The molecule has 1 aromatic carbocycles. The number of alkyl halides is 3. The highest BCUT2D eigenvalue weighted by Gasteiger charge is 2.33. The zero-order chi connectivity index (χ0) is 14.2. The lowest BCUT2D eigenvalue weighted by Crippen LogP contribution is -2.07. The zero-order valence-electron chi connectivity index (χ0n) is 9.82. The predicted octanol–water partition coefficient (Wildman–Crippen LogP) is 3.71. The summed E-state index contributed by atoms with van der Waals surface area (Å²) in [5, 5.41) is 13.0. The van der Waals surface area contributed by atoms with Gasteiger partial charge in [0.1, 0.15) is 0 Å². The number of aliphatic hydroxyl groups excluding tert-OH is 1. The summed E-state index contributed by atoms with van der Waals surface area (Å²) in [4.78, 5) is 0. The van der Waals surface area contributed by atoms with Crippen molar-refractivity contribution in [1.29, 1.82) is 0 Å². The Kier molecular flexibility index (Phi) is 3.69.